The van der Waals surface area contributed by atoms with Crippen LogP contribution in [0.3, 0.4) is 0 Å². The first-order valence-electron chi connectivity index (χ1n) is 8.17. The Labute approximate surface area is 174 Å². The van der Waals surface area contributed by atoms with Crippen molar-refractivity contribution < 1.29 is 28.6 Å². The van der Waals surface area contributed by atoms with Crippen molar-refractivity contribution in [2.45, 2.75) is 30.1 Å². The molecular weight excluding hydrogens is 430 g/mol. The number of aliphatic hydroxyl groups is 1. The van der Waals surface area contributed by atoms with E-state index in [2.05, 4.69) is 0 Å². The first-order chi connectivity index (χ1) is 13.3. The van der Waals surface area contributed by atoms with Crippen molar-refractivity contribution in [3.63, 3.8) is 0 Å². The van der Waals surface area contributed by atoms with Gasteiger partial charge in [0.1, 0.15) is 5.44 Å². The number of thioether (sulfide) groups is 1. The summed E-state index contributed by atoms with van der Waals surface area (Å²) in [7, 11) is 0. The third-order valence-corrected chi connectivity index (χ3v) is 5.74. The van der Waals surface area contributed by atoms with E-state index in [0.29, 0.717) is 27.4 Å². The number of hydrogen-bond donors (Lipinski definition) is 1. The maximum absolute atomic E-state index is 14.4. The highest BCUT2D eigenvalue weighted by molar-refractivity contribution is 8.00. The van der Waals surface area contributed by atoms with Crippen molar-refractivity contribution in [3.8, 4) is 0 Å². The number of aryl methyl sites for hydroxylation is 1. The van der Waals surface area contributed by atoms with Gasteiger partial charge in [-0.2, -0.15) is 0 Å². The third kappa shape index (κ3) is 4.60. The Hall–Kier alpha value is -1.80. The summed E-state index contributed by atoms with van der Waals surface area (Å²) in [4.78, 5) is 24.7. The summed E-state index contributed by atoms with van der Waals surface area (Å²) in [5.74, 6) is -1.55. The summed E-state index contributed by atoms with van der Waals surface area (Å²) in [6.07, 6.45) is -3.37. The van der Waals surface area contributed by atoms with E-state index in [0.717, 1.165) is 0 Å². The highest BCUT2D eigenvalue weighted by Crippen LogP contribution is 2.38. The summed E-state index contributed by atoms with van der Waals surface area (Å²) >= 11 is 12.3. The number of alkyl halides is 1. The van der Waals surface area contributed by atoms with Crippen molar-refractivity contribution in [2.24, 2.45) is 0 Å². The van der Waals surface area contributed by atoms with Crippen LogP contribution < -0.4 is 0 Å². The smallest absolute Gasteiger partial charge is 0.339 e. The molecule has 28 heavy (non-hydrogen) atoms. The molecule has 0 saturated carbocycles. The van der Waals surface area contributed by atoms with E-state index >= 15 is 0 Å². The number of halogens is 3. The quantitative estimate of drug-likeness (QED) is 0.703. The molecule has 1 aliphatic rings. The number of rotatable bonds is 4. The lowest BCUT2D eigenvalue weighted by Crippen LogP contribution is -2.36. The topological polar surface area (TPSA) is 72.8 Å². The normalized spacial score (nSPS) is 24.0. The van der Waals surface area contributed by atoms with Crippen LogP contribution in [0.15, 0.2) is 42.5 Å². The number of ether oxygens (including phenoxy) is 2. The Morgan fingerprint density at radius 2 is 1.68 bits per heavy atom. The van der Waals surface area contributed by atoms with Crippen LogP contribution in [0.25, 0.3) is 0 Å². The molecule has 3 rings (SSSR count). The second kappa shape index (κ2) is 8.69. The number of carbonyl (C=O) groups is 2. The summed E-state index contributed by atoms with van der Waals surface area (Å²) < 4.78 is 24.9. The molecule has 1 heterocycles. The lowest BCUT2D eigenvalue weighted by atomic mass is 10.1. The van der Waals surface area contributed by atoms with Crippen LogP contribution in [0.4, 0.5) is 4.39 Å². The van der Waals surface area contributed by atoms with E-state index < -0.39 is 35.1 Å². The van der Waals surface area contributed by atoms with Gasteiger partial charge in [0.25, 0.3) is 0 Å². The van der Waals surface area contributed by atoms with Gasteiger partial charge in [-0.25, -0.2) is 14.0 Å². The van der Waals surface area contributed by atoms with Gasteiger partial charge in [0.2, 0.25) is 0 Å². The van der Waals surface area contributed by atoms with Gasteiger partial charge in [-0.3, -0.25) is 0 Å². The molecule has 0 aromatic heterocycles. The maximum atomic E-state index is 14.4. The molecule has 2 aromatic rings. The van der Waals surface area contributed by atoms with E-state index in [1.807, 2.05) is 0 Å². The minimum absolute atomic E-state index is 0.154. The van der Waals surface area contributed by atoms with Crippen LogP contribution in [0.2, 0.25) is 10.0 Å². The van der Waals surface area contributed by atoms with Crippen molar-refractivity contribution in [1.82, 2.24) is 0 Å². The predicted octanol–water partition coefficient (Wildman–Crippen LogP) is 4.41. The van der Waals surface area contributed by atoms with Crippen LogP contribution in [-0.2, 0) is 9.47 Å². The van der Waals surface area contributed by atoms with Crippen LogP contribution in [-0.4, -0.2) is 40.2 Å². The zero-order valence-electron chi connectivity index (χ0n) is 14.5. The van der Waals surface area contributed by atoms with Gasteiger partial charge < -0.3 is 14.6 Å². The highest BCUT2D eigenvalue weighted by atomic mass is 35.5. The van der Waals surface area contributed by atoms with Gasteiger partial charge >= 0.3 is 11.9 Å². The molecule has 0 aliphatic carbocycles. The minimum atomic E-state index is -1.91. The first-order valence-corrected chi connectivity index (χ1v) is 9.87. The van der Waals surface area contributed by atoms with Gasteiger partial charge in [0.05, 0.1) is 11.1 Å². The van der Waals surface area contributed by atoms with Crippen LogP contribution >= 0.6 is 35.0 Å². The second-order valence-corrected chi connectivity index (χ2v) is 8.17. The van der Waals surface area contributed by atoms with E-state index in [9.17, 15) is 19.1 Å². The monoisotopic (exact) mass is 444 g/mol. The molecule has 0 radical (unpaired) electrons. The van der Waals surface area contributed by atoms with Gasteiger partial charge in [-0.1, -0.05) is 35.0 Å². The van der Waals surface area contributed by atoms with Crippen molar-refractivity contribution in [3.05, 3.63) is 69.2 Å². The summed E-state index contributed by atoms with van der Waals surface area (Å²) in [5.41, 5.74) is -1.73. The molecule has 1 fully saturated rings. The van der Waals surface area contributed by atoms with E-state index in [1.165, 1.54) is 36.4 Å². The number of aliphatic hydroxyl groups excluding tert-OH is 1. The molecule has 0 amide bonds. The number of carbonyl (C=O) groups excluding carboxylic acids is 2. The van der Waals surface area contributed by atoms with Gasteiger partial charge in [-0.05, 0) is 55.0 Å². The molecule has 1 aliphatic heterocycles. The largest absolute Gasteiger partial charge is 0.451 e. The van der Waals surface area contributed by atoms with Crippen LogP contribution in [0, 0.1) is 6.92 Å². The zero-order valence-corrected chi connectivity index (χ0v) is 16.8. The molecule has 1 N–H and O–H groups in total. The van der Waals surface area contributed by atoms with Gasteiger partial charge in [-0.15, -0.1) is 0 Å². The fraction of sp³-hybridized carbons (Fsp3) is 0.263. The number of esters is 2. The molecule has 2 aromatic carbocycles. The molecule has 4 atom stereocenters. The number of hydrogen-bond acceptors (Lipinski definition) is 6. The summed E-state index contributed by atoms with van der Waals surface area (Å²) in [6, 6.07) is 10.4. The molecule has 0 bridgehead atoms. The van der Waals surface area contributed by atoms with Crippen LogP contribution in [0.1, 0.15) is 26.3 Å². The Bertz CT molecular complexity index is 892. The Morgan fingerprint density at radius 3 is 2.32 bits per heavy atom. The first kappa shape index (κ1) is 20.9. The van der Waals surface area contributed by atoms with Crippen molar-refractivity contribution >= 4 is 46.9 Å². The summed E-state index contributed by atoms with van der Waals surface area (Å²) in [5, 5.41) is 10.7. The maximum Gasteiger partial charge on any atom is 0.339 e. The fourth-order valence-electron chi connectivity index (χ4n) is 2.62. The second-order valence-electron chi connectivity index (χ2n) is 6.08. The highest BCUT2D eigenvalue weighted by Gasteiger charge is 2.49. The van der Waals surface area contributed by atoms with E-state index in [1.54, 1.807) is 13.0 Å². The Kier molecular flexibility index (Phi) is 6.50. The average molecular weight is 445 g/mol. The molecule has 1 unspecified atom stereocenters. The van der Waals surface area contributed by atoms with E-state index in [-0.39, 0.29) is 11.1 Å². The lowest BCUT2D eigenvalue weighted by molar-refractivity contribution is -0.0388. The van der Waals surface area contributed by atoms with Crippen molar-refractivity contribution in [1.29, 1.82) is 0 Å². The minimum Gasteiger partial charge on any atom is -0.451 e. The van der Waals surface area contributed by atoms with Crippen molar-refractivity contribution in [2.75, 3.05) is 0 Å². The third-order valence-electron chi connectivity index (χ3n) is 4.08. The van der Waals surface area contributed by atoms with Crippen LogP contribution in [0.5, 0.6) is 0 Å². The predicted molar refractivity (Wildman–Crippen MR) is 105 cm³/mol. The SMILES string of the molecule is Cc1cc(Cl)ccc1C(=O)O[C@@H]1SC(O)[C@@H](F)[C@@H]1OC(=O)c1ccc(Cl)cc1. The van der Waals surface area contributed by atoms with Gasteiger partial charge in [0.15, 0.2) is 17.7 Å². The standard InChI is InChI=1S/C19H15Cl2FO5S/c1-9-8-12(21)6-7-13(9)17(24)27-19-15(14(22)18(25)28-19)26-16(23)10-2-4-11(20)5-3-10/h2-8,14-15,18-19,25H,1H3/t14-,15-,18?,19+/m0/s1. The average Bonchev–Trinajstić information content (AvgIpc) is 2.89. The Balaban J connectivity index is 1.74. The summed E-state index contributed by atoms with van der Waals surface area (Å²) in [6.45, 7) is 1.68. The molecular formula is C19H15Cl2FO5S. The lowest BCUT2D eigenvalue weighted by Gasteiger charge is -2.21. The van der Waals surface area contributed by atoms with E-state index in [4.69, 9.17) is 32.7 Å². The zero-order chi connectivity index (χ0) is 20.4. The number of benzene rings is 2. The molecule has 1 saturated heterocycles. The Morgan fingerprint density at radius 1 is 1.04 bits per heavy atom. The van der Waals surface area contributed by atoms with Gasteiger partial charge in [0, 0.05) is 10.0 Å². The molecule has 148 valence electrons. The molecule has 5 nitrogen and oxygen atoms in total. The molecule has 9 heteroatoms. The molecule has 0 spiro atoms. The fourth-order valence-corrected chi connectivity index (χ4v) is 4.06.